The molecule has 1 saturated carbocycles. The van der Waals surface area contributed by atoms with Crippen LogP contribution in [-0.4, -0.2) is 43.3 Å². The van der Waals surface area contributed by atoms with Crippen LogP contribution in [0.15, 0.2) is 0 Å². The molecule has 18 heavy (non-hydrogen) atoms. The van der Waals surface area contributed by atoms with Gasteiger partial charge in [-0.2, -0.15) is 0 Å². The van der Waals surface area contributed by atoms with E-state index in [1.165, 1.54) is 0 Å². The maximum Gasteiger partial charge on any atom is 0.329 e. The molecule has 1 aliphatic rings. The van der Waals surface area contributed by atoms with Crippen molar-refractivity contribution in [2.75, 3.05) is 26.3 Å². The van der Waals surface area contributed by atoms with Crippen LogP contribution in [0.25, 0.3) is 0 Å². The molecule has 104 valence electrons. The first kappa shape index (κ1) is 14.9. The molecule has 6 nitrogen and oxygen atoms in total. The molecule has 0 spiro atoms. The molecule has 6 heteroatoms. The van der Waals surface area contributed by atoms with Crippen molar-refractivity contribution >= 4 is 11.9 Å². The van der Waals surface area contributed by atoms with E-state index < -0.39 is 11.4 Å². The highest BCUT2D eigenvalue weighted by Gasteiger charge is 2.37. The number of amides is 1. The van der Waals surface area contributed by atoms with Crippen LogP contribution in [0.3, 0.4) is 0 Å². The molecule has 1 aliphatic carbocycles. The van der Waals surface area contributed by atoms with Gasteiger partial charge in [-0.25, -0.2) is 4.79 Å². The zero-order valence-electron chi connectivity index (χ0n) is 10.6. The van der Waals surface area contributed by atoms with Crippen LogP contribution in [0.2, 0.25) is 0 Å². The number of rotatable bonds is 7. The lowest BCUT2D eigenvalue weighted by Crippen LogP contribution is -2.47. The summed E-state index contributed by atoms with van der Waals surface area (Å²) < 4.78 is 4.85. The molecular weight excluding hydrogens is 236 g/mol. The third-order valence-corrected chi connectivity index (χ3v) is 3.44. The van der Waals surface area contributed by atoms with Gasteiger partial charge < -0.3 is 20.9 Å². The summed E-state index contributed by atoms with van der Waals surface area (Å²) in [5.41, 5.74) is 5.31. The van der Waals surface area contributed by atoms with E-state index >= 15 is 0 Å². The highest BCUT2D eigenvalue weighted by molar-refractivity contribution is 5.83. The Kier molecular flexibility index (Phi) is 6.07. The summed E-state index contributed by atoms with van der Waals surface area (Å²) in [4.78, 5) is 22.3. The second-order valence-electron chi connectivity index (χ2n) is 4.75. The minimum atomic E-state index is -1.01. The summed E-state index contributed by atoms with van der Waals surface area (Å²) in [6.07, 6.45) is 4.92. The summed E-state index contributed by atoms with van der Waals surface area (Å²) in [6.45, 7) is 0.569. The lowest BCUT2D eigenvalue weighted by molar-refractivity contribution is -0.142. The van der Waals surface area contributed by atoms with Crippen molar-refractivity contribution in [3.63, 3.8) is 0 Å². The standard InChI is InChI=1S/C12H22N2O4/c13-9-12(4-2-1-3-5-12)11(17)14-6-7-18-8-10(15)16/h1-9,13H2,(H,14,17)(H,15,16). The third-order valence-electron chi connectivity index (χ3n) is 3.44. The van der Waals surface area contributed by atoms with Gasteiger partial charge in [-0.3, -0.25) is 4.79 Å². The van der Waals surface area contributed by atoms with Gasteiger partial charge in [0.1, 0.15) is 6.61 Å². The fourth-order valence-corrected chi connectivity index (χ4v) is 2.34. The average Bonchev–Trinajstić information content (AvgIpc) is 2.38. The van der Waals surface area contributed by atoms with Crippen LogP contribution in [0.4, 0.5) is 0 Å². The van der Waals surface area contributed by atoms with Crippen molar-refractivity contribution in [2.45, 2.75) is 32.1 Å². The molecule has 0 radical (unpaired) electrons. The number of hydrogen-bond donors (Lipinski definition) is 3. The van der Waals surface area contributed by atoms with E-state index in [1.54, 1.807) is 0 Å². The zero-order valence-corrected chi connectivity index (χ0v) is 10.6. The second kappa shape index (κ2) is 7.33. The predicted octanol–water partition coefficient (Wildman–Crippen LogP) is 0.113. The van der Waals surface area contributed by atoms with E-state index in [1.807, 2.05) is 0 Å². The molecule has 1 rings (SSSR count). The van der Waals surface area contributed by atoms with Crippen molar-refractivity contribution < 1.29 is 19.4 Å². The molecule has 0 aromatic carbocycles. The van der Waals surface area contributed by atoms with Crippen molar-refractivity contribution in [3.8, 4) is 0 Å². The second-order valence-corrected chi connectivity index (χ2v) is 4.75. The Morgan fingerprint density at radius 1 is 1.28 bits per heavy atom. The summed E-state index contributed by atoms with van der Waals surface area (Å²) in [6, 6.07) is 0. The number of carbonyl (C=O) groups is 2. The lowest BCUT2D eigenvalue weighted by atomic mass is 9.73. The van der Waals surface area contributed by atoms with Crippen molar-refractivity contribution in [3.05, 3.63) is 0 Å². The minimum absolute atomic E-state index is 0.0244. The van der Waals surface area contributed by atoms with Gasteiger partial charge in [0, 0.05) is 13.1 Å². The number of carbonyl (C=O) groups excluding carboxylic acids is 1. The maximum atomic E-state index is 12.1. The Balaban J connectivity index is 2.27. The Morgan fingerprint density at radius 3 is 2.50 bits per heavy atom. The van der Waals surface area contributed by atoms with Gasteiger partial charge in [0.2, 0.25) is 5.91 Å². The Bertz CT molecular complexity index is 288. The summed E-state index contributed by atoms with van der Waals surface area (Å²) in [5.74, 6) is -1.03. The van der Waals surface area contributed by atoms with Crippen LogP contribution in [-0.2, 0) is 14.3 Å². The number of aliphatic carboxylic acids is 1. The predicted molar refractivity (Wildman–Crippen MR) is 66.0 cm³/mol. The van der Waals surface area contributed by atoms with Gasteiger partial charge in [-0.05, 0) is 12.8 Å². The normalized spacial score (nSPS) is 18.3. The van der Waals surface area contributed by atoms with Crippen molar-refractivity contribution in [2.24, 2.45) is 11.1 Å². The fraction of sp³-hybridized carbons (Fsp3) is 0.833. The summed E-state index contributed by atoms with van der Waals surface area (Å²) in [5, 5.41) is 11.2. The SMILES string of the molecule is NCC1(C(=O)NCCOCC(=O)O)CCCCC1. The largest absolute Gasteiger partial charge is 0.480 e. The van der Waals surface area contributed by atoms with E-state index in [9.17, 15) is 9.59 Å². The first-order valence-corrected chi connectivity index (χ1v) is 6.39. The summed E-state index contributed by atoms with van der Waals surface area (Å²) >= 11 is 0. The number of nitrogens with one attached hydrogen (secondary N) is 1. The van der Waals surface area contributed by atoms with Crippen LogP contribution < -0.4 is 11.1 Å². The van der Waals surface area contributed by atoms with Gasteiger partial charge in [0.25, 0.3) is 0 Å². The Morgan fingerprint density at radius 2 is 1.94 bits per heavy atom. The molecule has 0 aliphatic heterocycles. The van der Waals surface area contributed by atoms with Crippen molar-refractivity contribution in [1.82, 2.24) is 5.32 Å². The van der Waals surface area contributed by atoms with Gasteiger partial charge in [-0.1, -0.05) is 19.3 Å². The van der Waals surface area contributed by atoms with Gasteiger partial charge in [0.05, 0.1) is 12.0 Å². The molecule has 0 heterocycles. The molecule has 0 unspecified atom stereocenters. The molecule has 0 aromatic rings. The van der Waals surface area contributed by atoms with Crippen LogP contribution in [0.5, 0.6) is 0 Å². The molecule has 0 atom stereocenters. The zero-order chi connectivity index (χ0) is 13.4. The van der Waals surface area contributed by atoms with Crippen LogP contribution in [0.1, 0.15) is 32.1 Å². The topological polar surface area (TPSA) is 102 Å². The van der Waals surface area contributed by atoms with Gasteiger partial charge in [0.15, 0.2) is 0 Å². The van der Waals surface area contributed by atoms with E-state index in [4.69, 9.17) is 15.6 Å². The fourth-order valence-electron chi connectivity index (χ4n) is 2.34. The number of carboxylic acids is 1. The Labute approximate surface area is 107 Å². The van der Waals surface area contributed by atoms with E-state index in [-0.39, 0.29) is 19.1 Å². The number of carboxylic acid groups (broad SMARTS) is 1. The minimum Gasteiger partial charge on any atom is -0.480 e. The summed E-state index contributed by atoms with van der Waals surface area (Å²) in [7, 11) is 0. The quantitative estimate of drug-likeness (QED) is 0.563. The first-order valence-electron chi connectivity index (χ1n) is 6.39. The lowest BCUT2D eigenvalue weighted by Gasteiger charge is -2.34. The first-order chi connectivity index (χ1) is 8.60. The van der Waals surface area contributed by atoms with Gasteiger partial charge >= 0.3 is 5.97 Å². The monoisotopic (exact) mass is 258 g/mol. The molecule has 1 fully saturated rings. The van der Waals surface area contributed by atoms with E-state index in [0.717, 1.165) is 32.1 Å². The van der Waals surface area contributed by atoms with Crippen molar-refractivity contribution in [1.29, 1.82) is 0 Å². The molecule has 0 saturated heterocycles. The van der Waals surface area contributed by atoms with E-state index in [2.05, 4.69) is 5.32 Å². The molecule has 0 aromatic heterocycles. The Hall–Kier alpha value is -1.14. The van der Waals surface area contributed by atoms with Gasteiger partial charge in [-0.15, -0.1) is 0 Å². The molecular formula is C12H22N2O4. The number of ether oxygens (including phenoxy) is 1. The highest BCUT2D eigenvalue weighted by Crippen LogP contribution is 2.35. The number of nitrogens with two attached hydrogens (primary N) is 1. The molecule has 0 bridgehead atoms. The highest BCUT2D eigenvalue weighted by atomic mass is 16.5. The van der Waals surface area contributed by atoms with Crippen LogP contribution in [0, 0.1) is 5.41 Å². The van der Waals surface area contributed by atoms with E-state index in [0.29, 0.717) is 13.1 Å². The third kappa shape index (κ3) is 4.27. The molecule has 4 N–H and O–H groups in total. The maximum absolute atomic E-state index is 12.1. The average molecular weight is 258 g/mol. The smallest absolute Gasteiger partial charge is 0.329 e. The molecule has 1 amide bonds. The van der Waals surface area contributed by atoms with Crippen LogP contribution >= 0.6 is 0 Å². The number of hydrogen-bond acceptors (Lipinski definition) is 4.